The summed E-state index contributed by atoms with van der Waals surface area (Å²) in [5, 5.41) is 13.7. The fourth-order valence-corrected chi connectivity index (χ4v) is 2.89. The lowest BCUT2D eigenvalue weighted by Gasteiger charge is -2.30. The van der Waals surface area contributed by atoms with Crippen LogP contribution < -0.4 is 10.1 Å². The van der Waals surface area contributed by atoms with Crippen LogP contribution >= 0.6 is 11.6 Å². The molecule has 0 saturated carbocycles. The van der Waals surface area contributed by atoms with E-state index in [-0.39, 0.29) is 0 Å². The van der Waals surface area contributed by atoms with E-state index < -0.39 is 0 Å². The molecule has 2 aromatic rings. The molecule has 0 amide bonds. The molecule has 0 bridgehead atoms. The Hall–Kier alpha value is -1.66. The van der Waals surface area contributed by atoms with Gasteiger partial charge in [-0.05, 0) is 26.4 Å². The summed E-state index contributed by atoms with van der Waals surface area (Å²) >= 11 is 6.13. The van der Waals surface area contributed by atoms with E-state index in [4.69, 9.17) is 16.3 Å². The molecule has 0 radical (unpaired) electrons. The molecule has 7 heteroatoms. The number of nitrogens with one attached hydrogen (secondary N) is 1. The molecule has 6 nitrogen and oxygen atoms in total. The number of nitrogens with zero attached hydrogens (tertiary/aromatic N) is 4. The van der Waals surface area contributed by atoms with Gasteiger partial charge < -0.3 is 15.0 Å². The minimum Gasteiger partial charge on any atom is -0.481 e. The number of piperidine rings is 1. The van der Waals surface area contributed by atoms with E-state index in [0.717, 1.165) is 36.1 Å². The Bertz CT molecular complexity index is 651. The molecule has 1 aliphatic heterocycles. The molecule has 0 aromatic carbocycles. The predicted octanol–water partition coefficient (Wildman–Crippen LogP) is 2.19. The van der Waals surface area contributed by atoms with Crippen LogP contribution in [-0.2, 0) is 0 Å². The number of likely N-dealkylation sites (tertiary alicyclic amines) is 1. The number of hydrogen-bond donors (Lipinski definition) is 1. The van der Waals surface area contributed by atoms with E-state index in [1.165, 1.54) is 6.42 Å². The highest BCUT2D eigenvalue weighted by Crippen LogP contribution is 2.28. The number of ether oxygens (including phenoxy) is 1. The highest BCUT2D eigenvalue weighted by atomic mass is 35.5. The van der Waals surface area contributed by atoms with Gasteiger partial charge in [0.2, 0.25) is 5.88 Å². The van der Waals surface area contributed by atoms with E-state index >= 15 is 0 Å². The molecule has 21 heavy (non-hydrogen) atoms. The maximum absolute atomic E-state index is 6.13. The molecule has 1 atom stereocenters. The number of likely N-dealkylation sites (N-methyl/N-ethyl adjacent to an activating group) is 1. The molecule has 1 unspecified atom stereocenters. The first kappa shape index (κ1) is 14.3. The van der Waals surface area contributed by atoms with Crippen molar-refractivity contribution in [2.45, 2.75) is 18.9 Å². The summed E-state index contributed by atoms with van der Waals surface area (Å²) in [6, 6.07) is 2.15. The van der Waals surface area contributed by atoms with Gasteiger partial charge in [-0.2, -0.15) is 0 Å². The molecule has 2 aromatic heterocycles. The van der Waals surface area contributed by atoms with Crippen molar-refractivity contribution >= 4 is 28.2 Å². The maximum atomic E-state index is 6.13. The SMILES string of the molecule is COc1cc2c(Cl)nnc(NC3CCCN(C)C3)c2cn1. The molecule has 3 heterocycles. The second kappa shape index (κ2) is 5.99. The lowest BCUT2D eigenvalue weighted by molar-refractivity contribution is 0.261. The van der Waals surface area contributed by atoms with Gasteiger partial charge >= 0.3 is 0 Å². The lowest BCUT2D eigenvalue weighted by atomic mass is 10.1. The van der Waals surface area contributed by atoms with Gasteiger partial charge in [0.15, 0.2) is 11.0 Å². The van der Waals surface area contributed by atoms with Crippen LogP contribution in [-0.4, -0.2) is 53.4 Å². The highest BCUT2D eigenvalue weighted by molar-refractivity contribution is 6.34. The zero-order valence-corrected chi connectivity index (χ0v) is 12.9. The van der Waals surface area contributed by atoms with Crippen LogP contribution in [0.4, 0.5) is 5.82 Å². The van der Waals surface area contributed by atoms with Gasteiger partial charge in [0, 0.05) is 35.6 Å². The molecular formula is C14H18ClN5O. The summed E-state index contributed by atoms with van der Waals surface area (Å²) in [6.45, 7) is 2.14. The fraction of sp³-hybridized carbons (Fsp3) is 0.500. The van der Waals surface area contributed by atoms with Gasteiger partial charge in [-0.1, -0.05) is 11.6 Å². The van der Waals surface area contributed by atoms with Crippen molar-refractivity contribution in [3.8, 4) is 5.88 Å². The number of hydrogen-bond acceptors (Lipinski definition) is 6. The third-order valence-electron chi connectivity index (χ3n) is 3.77. The molecule has 1 saturated heterocycles. The normalized spacial score (nSPS) is 19.7. The fourth-order valence-electron chi connectivity index (χ4n) is 2.69. The van der Waals surface area contributed by atoms with Crippen molar-refractivity contribution in [2.75, 3.05) is 32.6 Å². The molecule has 112 valence electrons. The van der Waals surface area contributed by atoms with Crippen molar-refractivity contribution in [1.29, 1.82) is 0 Å². The number of halogens is 1. The average Bonchev–Trinajstić information content (AvgIpc) is 2.50. The molecule has 1 fully saturated rings. The summed E-state index contributed by atoms with van der Waals surface area (Å²) in [6.07, 6.45) is 4.03. The Morgan fingerprint density at radius 1 is 1.38 bits per heavy atom. The molecule has 3 rings (SSSR count). The van der Waals surface area contributed by atoms with Gasteiger partial charge in [-0.15, -0.1) is 10.2 Å². The number of pyridine rings is 1. The minimum atomic E-state index is 0.358. The van der Waals surface area contributed by atoms with Gasteiger partial charge in [0.25, 0.3) is 0 Å². The van der Waals surface area contributed by atoms with Crippen molar-refractivity contribution in [3.05, 3.63) is 17.4 Å². The van der Waals surface area contributed by atoms with E-state index in [9.17, 15) is 0 Å². The Balaban J connectivity index is 1.93. The smallest absolute Gasteiger partial charge is 0.213 e. The Morgan fingerprint density at radius 2 is 2.24 bits per heavy atom. The van der Waals surface area contributed by atoms with Gasteiger partial charge in [-0.3, -0.25) is 0 Å². The molecule has 1 N–H and O–H groups in total. The quantitative estimate of drug-likeness (QED) is 0.938. The summed E-state index contributed by atoms with van der Waals surface area (Å²) < 4.78 is 5.14. The standard InChI is InChI=1S/C14H18ClN5O/c1-20-5-3-4-9(8-20)17-14-11-7-16-12(21-2)6-10(11)13(15)18-19-14/h6-7,9H,3-5,8H2,1-2H3,(H,17,19). The second-order valence-corrected chi connectivity index (χ2v) is 5.72. The summed E-state index contributed by atoms with van der Waals surface area (Å²) in [7, 11) is 3.71. The van der Waals surface area contributed by atoms with Crippen LogP contribution in [0.2, 0.25) is 5.15 Å². The van der Waals surface area contributed by atoms with Crippen molar-refractivity contribution in [2.24, 2.45) is 0 Å². The zero-order chi connectivity index (χ0) is 14.8. The van der Waals surface area contributed by atoms with Crippen LogP contribution in [0.25, 0.3) is 10.8 Å². The number of fused-ring (bicyclic) bond motifs is 1. The van der Waals surface area contributed by atoms with Crippen molar-refractivity contribution in [1.82, 2.24) is 20.1 Å². The van der Waals surface area contributed by atoms with E-state index in [1.807, 2.05) is 0 Å². The summed E-state index contributed by atoms with van der Waals surface area (Å²) in [5.74, 6) is 1.24. The number of methoxy groups -OCH3 is 1. The first-order valence-corrected chi connectivity index (χ1v) is 7.36. The van der Waals surface area contributed by atoms with E-state index in [0.29, 0.717) is 17.1 Å². The Kier molecular flexibility index (Phi) is 4.07. The summed E-state index contributed by atoms with van der Waals surface area (Å²) in [4.78, 5) is 6.55. The lowest BCUT2D eigenvalue weighted by Crippen LogP contribution is -2.40. The largest absolute Gasteiger partial charge is 0.481 e. The van der Waals surface area contributed by atoms with Crippen LogP contribution in [0.5, 0.6) is 5.88 Å². The maximum Gasteiger partial charge on any atom is 0.213 e. The van der Waals surface area contributed by atoms with Gasteiger partial charge in [0.05, 0.1) is 7.11 Å². The van der Waals surface area contributed by atoms with Gasteiger partial charge in [0.1, 0.15) is 0 Å². The number of aromatic nitrogens is 3. The molecular weight excluding hydrogens is 290 g/mol. The monoisotopic (exact) mass is 307 g/mol. The molecule has 0 spiro atoms. The first-order chi connectivity index (χ1) is 10.2. The highest BCUT2D eigenvalue weighted by Gasteiger charge is 2.19. The average molecular weight is 308 g/mol. The summed E-state index contributed by atoms with van der Waals surface area (Å²) in [5.41, 5.74) is 0. The van der Waals surface area contributed by atoms with Crippen LogP contribution in [0.15, 0.2) is 12.3 Å². The predicted molar refractivity (Wildman–Crippen MR) is 83.0 cm³/mol. The van der Waals surface area contributed by atoms with Crippen LogP contribution in [0, 0.1) is 0 Å². The van der Waals surface area contributed by atoms with Crippen LogP contribution in [0.1, 0.15) is 12.8 Å². The third-order valence-corrected chi connectivity index (χ3v) is 4.05. The number of anilines is 1. The van der Waals surface area contributed by atoms with Crippen molar-refractivity contribution in [3.63, 3.8) is 0 Å². The second-order valence-electron chi connectivity index (χ2n) is 5.36. The molecule has 1 aliphatic rings. The van der Waals surface area contributed by atoms with E-state index in [1.54, 1.807) is 19.4 Å². The van der Waals surface area contributed by atoms with E-state index in [2.05, 4.69) is 32.4 Å². The third kappa shape index (κ3) is 3.01. The zero-order valence-electron chi connectivity index (χ0n) is 12.1. The van der Waals surface area contributed by atoms with Crippen molar-refractivity contribution < 1.29 is 4.74 Å². The topological polar surface area (TPSA) is 63.2 Å². The first-order valence-electron chi connectivity index (χ1n) is 6.98. The molecule has 0 aliphatic carbocycles. The van der Waals surface area contributed by atoms with Gasteiger partial charge in [-0.25, -0.2) is 4.98 Å². The number of rotatable bonds is 3. The minimum absolute atomic E-state index is 0.358. The Labute approximate surface area is 128 Å². The Morgan fingerprint density at radius 3 is 3.00 bits per heavy atom. The van der Waals surface area contributed by atoms with Crippen LogP contribution in [0.3, 0.4) is 0 Å².